The molecule has 0 aromatic carbocycles. The molecule has 3 aliphatic rings. The SMILES string of the molecule is CCC(C)(C)C(=O)OC1C2CC3C1OC(=O)C3(C(=O)OC(C)(C)C(C)C)C2. The smallest absolute Gasteiger partial charge is 0.324 e. The second-order valence-electron chi connectivity index (χ2n) is 9.90. The predicted molar refractivity (Wildman–Crippen MR) is 97.5 cm³/mol. The first-order valence-corrected chi connectivity index (χ1v) is 10.0. The van der Waals surface area contributed by atoms with E-state index in [1.165, 1.54) is 0 Å². The van der Waals surface area contributed by atoms with Crippen LogP contribution in [0.15, 0.2) is 0 Å². The molecule has 5 unspecified atom stereocenters. The Hall–Kier alpha value is -1.59. The summed E-state index contributed by atoms with van der Waals surface area (Å²) in [6, 6.07) is 0. The fourth-order valence-corrected chi connectivity index (χ4v) is 4.31. The van der Waals surface area contributed by atoms with Crippen LogP contribution in [0.4, 0.5) is 0 Å². The van der Waals surface area contributed by atoms with Crippen LogP contribution in [0.25, 0.3) is 0 Å². The Morgan fingerprint density at radius 2 is 1.89 bits per heavy atom. The molecule has 0 aromatic heterocycles. The minimum absolute atomic E-state index is 0.0437. The second kappa shape index (κ2) is 6.21. The van der Waals surface area contributed by atoms with E-state index in [0.717, 1.165) is 0 Å². The van der Waals surface area contributed by atoms with Gasteiger partial charge < -0.3 is 14.2 Å². The molecular weight excluding hydrogens is 348 g/mol. The van der Waals surface area contributed by atoms with Crippen LogP contribution in [-0.4, -0.2) is 35.7 Å². The van der Waals surface area contributed by atoms with E-state index in [1.54, 1.807) is 0 Å². The van der Waals surface area contributed by atoms with Crippen molar-refractivity contribution >= 4 is 17.9 Å². The van der Waals surface area contributed by atoms with Crippen LogP contribution in [0, 0.1) is 28.6 Å². The Labute approximate surface area is 161 Å². The lowest BCUT2D eigenvalue weighted by Gasteiger charge is -2.36. The summed E-state index contributed by atoms with van der Waals surface area (Å²) in [6.07, 6.45) is 0.654. The van der Waals surface area contributed by atoms with Gasteiger partial charge in [0.15, 0.2) is 5.41 Å². The molecule has 152 valence electrons. The molecule has 1 heterocycles. The van der Waals surface area contributed by atoms with E-state index in [-0.39, 0.29) is 23.7 Å². The van der Waals surface area contributed by atoms with Gasteiger partial charge in [0.25, 0.3) is 0 Å². The van der Waals surface area contributed by atoms with Crippen LogP contribution in [0.5, 0.6) is 0 Å². The maximum atomic E-state index is 13.0. The molecule has 0 amide bonds. The number of hydrogen-bond donors (Lipinski definition) is 0. The Kier molecular flexibility index (Phi) is 4.64. The van der Waals surface area contributed by atoms with Crippen LogP contribution in [0.1, 0.15) is 67.7 Å². The minimum atomic E-state index is -1.23. The van der Waals surface area contributed by atoms with Crippen LogP contribution in [0.2, 0.25) is 0 Å². The van der Waals surface area contributed by atoms with Crippen molar-refractivity contribution in [3.8, 4) is 0 Å². The van der Waals surface area contributed by atoms with Gasteiger partial charge in [0.2, 0.25) is 0 Å². The van der Waals surface area contributed by atoms with E-state index in [1.807, 2.05) is 48.5 Å². The first kappa shape index (κ1) is 20.2. The Balaban J connectivity index is 1.79. The van der Waals surface area contributed by atoms with Gasteiger partial charge in [-0.1, -0.05) is 20.8 Å². The number of ether oxygens (including phenoxy) is 3. The van der Waals surface area contributed by atoms with Crippen molar-refractivity contribution in [2.75, 3.05) is 0 Å². The highest BCUT2D eigenvalue weighted by Gasteiger charge is 2.75. The molecule has 1 saturated heterocycles. The molecule has 2 saturated carbocycles. The highest BCUT2D eigenvalue weighted by molar-refractivity contribution is 6.03. The third kappa shape index (κ3) is 2.87. The second-order valence-corrected chi connectivity index (χ2v) is 9.90. The van der Waals surface area contributed by atoms with Crippen LogP contribution in [0.3, 0.4) is 0 Å². The van der Waals surface area contributed by atoms with Gasteiger partial charge in [0.05, 0.1) is 5.41 Å². The van der Waals surface area contributed by atoms with Crippen molar-refractivity contribution < 1.29 is 28.6 Å². The first-order chi connectivity index (χ1) is 12.4. The fourth-order valence-electron chi connectivity index (χ4n) is 4.31. The van der Waals surface area contributed by atoms with Crippen molar-refractivity contribution in [1.29, 1.82) is 0 Å². The number of carbonyl (C=O) groups is 3. The number of rotatable bonds is 6. The van der Waals surface area contributed by atoms with Crippen molar-refractivity contribution in [3.05, 3.63) is 0 Å². The van der Waals surface area contributed by atoms with Crippen molar-refractivity contribution in [2.24, 2.45) is 28.6 Å². The lowest BCUT2D eigenvalue weighted by molar-refractivity contribution is -0.179. The lowest BCUT2D eigenvalue weighted by Crippen LogP contribution is -2.49. The molecular formula is C21H32O6. The van der Waals surface area contributed by atoms with Gasteiger partial charge in [-0.15, -0.1) is 0 Å². The fraction of sp³-hybridized carbons (Fsp3) is 0.857. The summed E-state index contributed by atoms with van der Waals surface area (Å²) in [4.78, 5) is 38.3. The standard InChI is InChI=1S/C21H32O6/c1-8-19(4,5)16(22)25-14-12-9-13-15(14)26-17(23)21(13,10-12)18(24)27-20(6,7)11(2)3/h11-15H,8-10H2,1-7H3. The Morgan fingerprint density at radius 3 is 2.44 bits per heavy atom. The molecule has 6 nitrogen and oxygen atoms in total. The third-order valence-corrected chi connectivity index (χ3v) is 7.36. The Bertz CT molecular complexity index is 664. The molecule has 0 aromatic rings. The van der Waals surface area contributed by atoms with Gasteiger partial charge in [-0.2, -0.15) is 0 Å². The molecule has 6 heteroatoms. The highest BCUT2D eigenvalue weighted by atomic mass is 16.6. The molecule has 5 atom stereocenters. The van der Waals surface area contributed by atoms with Gasteiger partial charge in [0.1, 0.15) is 17.8 Å². The summed E-state index contributed by atoms with van der Waals surface area (Å²) in [5.74, 6) is -1.47. The highest BCUT2D eigenvalue weighted by Crippen LogP contribution is 2.63. The van der Waals surface area contributed by atoms with E-state index >= 15 is 0 Å². The van der Waals surface area contributed by atoms with Crippen molar-refractivity contribution in [1.82, 2.24) is 0 Å². The molecule has 2 bridgehead atoms. The van der Waals surface area contributed by atoms with E-state index in [2.05, 4.69) is 0 Å². The van der Waals surface area contributed by atoms with Crippen LogP contribution >= 0.6 is 0 Å². The maximum Gasteiger partial charge on any atom is 0.324 e. The number of hydrogen-bond acceptors (Lipinski definition) is 6. The van der Waals surface area contributed by atoms with E-state index in [0.29, 0.717) is 19.3 Å². The van der Waals surface area contributed by atoms with Gasteiger partial charge in [0, 0.05) is 11.8 Å². The summed E-state index contributed by atoms with van der Waals surface area (Å²) in [6.45, 7) is 13.3. The Morgan fingerprint density at radius 1 is 1.26 bits per heavy atom. The average molecular weight is 380 g/mol. The minimum Gasteiger partial charge on any atom is -0.459 e. The quantitative estimate of drug-likeness (QED) is 0.400. The maximum absolute atomic E-state index is 13.0. The molecule has 0 radical (unpaired) electrons. The van der Waals surface area contributed by atoms with Gasteiger partial charge in [-0.3, -0.25) is 14.4 Å². The predicted octanol–water partition coefficient (Wildman–Crippen LogP) is 3.26. The summed E-state index contributed by atoms with van der Waals surface area (Å²) >= 11 is 0. The van der Waals surface area contributed by atoms with Gasteiger partial charge in [-0.05, 0) is 52.9 Å². The topological polar surface area (TPSA) is 78.9 Å². The number of fused-ring (bicyclic) bond motifs is 1. The zero-order valence-electron chi connectivity index (χ0n) is 17.5. The van der Waals surface area contributed by atoms with E-state index in [4.69, 9.17) is 14.2 Å². The zero-order chi connectivity index (χ0) is 20.4. The average Bonchev–Trinajstić information content (AvgIpc) is 3.16. The first-order valence-electron chi connectivity index (χ1n) is 10.0. The number of esters is 3. The molecule has 1 aliphatic heterocycles. The largest absolute Gasteiger partial charge is 0.459 e. The van der Waals surface area contributed by atoms with Crippen LogP contribution < -0.4 is 0 Å². The summed E-state index contributed by atoms with van der Waals surface area (Å²) < 4.78 is 17.1. The van der Waals surface area contributed by atoms with E-state index in [9.17, 15) is 14.4 Å². The summed E-state index contributed by atoms with van der Waals surface area (Å²) in [7, 11) is 0. The lowest BCUT2D eigenvalue weighted by atomic mass is 9.73. The molecule has 2 aliphatic carbocycles. The molecule has 3 fully saturated rings. The van der Waals surface area contributed by atoms with Crippen LogP contribution in [-0.2, 0) is 28.6 Å². The monoisotopic (exact) mass is 380 g/mol. The van der Waals surface area contributed by atoms with Gasteiger partial charge >= 0.3 is 17.9 Å². The van der Waals surface area contributed by atoms with Gasteiger partial charge in [-0.25, -0.2) is 0 Å². The van der Waals surface area contributed by atoms with Crippen molar-refractivity contribution in [3.63, 3.8) is 0 Å². The van der Waals surface area contributed by atoms with E-state index < -0.39 is 40.6 Å². The summed E-state index contributed by atoms with van der Waals surface area (Å²) in [5.41, 5.74) is -2.48. The summed E-state index contributed by atoms with van der Waals surface area (Å²) in [5, 5.41) is 0. The molecule has 0 N–H and O–H groups in total. The molecule has 3 rings (SSSR count). The normalized spacial score (nSPS) is 34.7. The molecule has 27 heavy (non-hydrogen) atoms. The number of carbonyl (C=O) groups excluding carboxylic acids is 3. The zero-order valence-corrected chi connectivity index (χ0v) is 17.5. The molecule has 0 spiro atoms. The third-order valence-electron chi connectivity index (χ3n) is 7.36. The van der Waals surface area contributed by atoms with Crippen molar-refractivity contribution in [2.45, 2.75) is 85.5 Å².